The van der Waals surface area contributed by atoms with Gasteiger partial charge in [-0.25, -0.2) is 4.98 Å². The molecule has 110 valence electrons. The average molecular weight is 275 g/mol. The highest BCUT2D eigenvalue weighted by Crippen LogP contribution is 2.19. The molecular weight excluding hydrogens is 250 g/mol. The molecule has 1 aromatic rings. The molecule has 2 rings (SSSR count). The van der Waals surface area contributed by atoms with Gasteiger partial charge in [-0.05, 0) is 44.2 Å². The van der Waals surface area contributed by atoms with Gasteiger partial charge in [0.15, 0.2) is 0 Å². The molecule has 0 saturated carbocycles. The number of piperidine rings is 1. The second-order valence-corrected chi connectivity index (χ2v) is 5.46. The zero-order valence-corrected chi connectivity index (χ0v) is 12.6. The topological polar surface area (TPSA) is 45.2 Å². The summed E-state index contributed by atoms with van der Waals surface area (Å²) in [7, 11) is 0. The molecule has 0 spiro atoms. The molecule has 0 radical (unpaired) electrons. The van der Waals surface area contributed by atoms with Crippen LogP contribution in [0, 0.1) is 5.92 Å². The standard InChI is InChI=1S/C16H25N3O/c1-3-13(4-2)16(20)18-14-8-9-15(17-12-14)19-10-6-5-7-11-19/h8-9,12-13H,3-7,10-11H2,1-2H3,(H,18,20). The van der Waals surface area contributed by atoms with Gasteiger partial charge in [-0.1, -0.05) is 13.8 Å². The summed E-state index contributed by atoms with van der Waals surface area (Å²) in [5, 5.41) is 2.95. The Hall–Kier alpha value is -1.58. The van der Waals surface area contributed by atoms with E-state index in [0.29, 0.717) is 0 Å². The van der Waals surface area contributed by atoms with Crippen molar-refractivity contribution in [3.8, 4) is 0 Å². The Morgan fingerprint density at radius 2 is 1.95 bits per heavy atom. The number of hydrogen-bond acceptors (Lipinski definition) is 3. The summed E-state index contributed by atoms with van der Waals surface area (Å²) in [5.74, 6) is 1.21. The van der Waals surface area contributed by atoms with Crippen LogP contribution in [0.3, 0.4) is 0 Å². The van der Waals surface area contributed by atoms with Gasteiger partial charge >= 0.3 is 0 Å². The molecule has 0 aromatic carbocycles. The molecular formula is C16H25N3O. The van der Waals surface area contributed by atoms with Crippen LogP contribution in [0.5, 0.6) is 0 Å². The molecule has 1 fully saturated rings. The number of carbonyl (C=O) groups excluding carboxylic acids is 1. The van der Waals surface area contributed by atoms with Crippen LogP contribution in [0.15, 0.2) is 18.3 Å². The molecule has 1 N–H and O–H groups in total. The second-order valence-electron chi connectivity index (χ2n) is 5.46. The van der Waals surface area contributed by atoms with E-state index in [1.54, 1.807) is 6.20 Å². The summed E-state index contributed by atoms with van der Waals surface area (Å²) in [6.07, 6.45) is 7.33. The van der Waals surface area contributed by atoms with E-state index in [1.807, 2.05) is 26.0 Å². The van der Waals surface area contributed by atoms with Gasteiger partial charge in [-0.15, -0.1) is 0 Å². The summed E-state index contributed by atoms with van der Waals surface area (Å²) < 4.78 is 0. The lowest BCUT2D eigenvalue weighted by molar-refractivity contribution is -0.120. The molecule has 2 heterocycles. The second kappa shape index (κ2) is 7.27. The maximum absolute atomic E-state index is 12.0. The van der Waals surface area contributed by atoms with Gasteiger partial charge < -0.3 is 10.2 Å². The van der Waals surface area contributed by atoms with Crippen molar-refractivity contribution in [1.82, 2.24) is 4.98 Å². The fraction of sp³-hybridized carbons (Fsp3) is 0.625. The molecule has 0 unspecified atom stereocenters. The number of anilines is 2. The number of aromatic nitrogens is 1. The first kappa shape index (κ1) is 14.8. The summed E-state index contributed by atoms with van der Waals surface area (Å²) in [5.41, 5.74) is 0.794. The number of nitrogens with zero attached hydrogens (tertiary/aromatic N) is 2. The predicted octanol–water partition coefficient (Wildman–Crippen LogP) is 3.45. The van der Waals surface area contributed by atoms with Crippen LogP contribution in [-0.4, -0.2) is 24.0 Å². The summed E-state index contributed by atoms with van der Waals surface area (Å²) >= 11 is 0. The molecule has 4 nitrogen and oxygen atoms in total. The Labute approximate surface area is 121 Å². The van der Waals surface area contributed by atoms with E-state index in [1.165, 1.54) is 19.3 Å². The summed E-state index contributed by atoms with van der Waals surface area (Å²) in [4.78, 5) is 18.8. The normalized spacial score (nSPS) is 15.4. The summed E-state index contributed by atoms with van der Waals surface area (Å²) in [6, 6.07) is 3.96. The maximum atomic E-state index is 12.0. The lowest BCUT2D eigenvalue weighted by atomic mass is 10.0. The van der Waals surface area contributed by atoms with Gasteiger partial charge in [0.25, 0.3) is 0 Å². The molecule has 1 saturated heterocycles. The highest BCUT2D eigenvalue weighted by Gasteiger charge is 2.15. The first-order valence-corrected chi connectivity index (χ1v) is 7.76. The van der Waals surface area contributed by atoms with Gasteiger partial charge in [-0.2, -0.15) is 0 Å². The molecule has 1 aromatic heterocycles. The quantitative estimate of drug-likeness (QED) is 0.895. The van der Waals surface area contributed by atoms with Gasteiger partial charge in [0.2, 0.25) is 5.91 Å². The predicted molar refractivity (Wildman–Crippen MR) is 83.0 cm³/mol. The zero-order chi connectivity index (χ0) is 14.4. The Kier molecular flexibility index (Phi) is 5.39. The number of rotatable bonds is 5. The van der Waals surface area contributed by atoms with E-state index in [4.69, 9.17) is 0 Å². The fourth-order valence-electron chi connectivity index (χ4n) is 2.67. The highest BCUT2D eigenvalue weighted by atomic mass is 16.1. The van der Waals surface area contributed by atoms with E-state index in [2.05, 4.69) is 15.2 Å². The van der Waals surface area contributed by atoms with E-state index >= 15 is 0 Å². The zero-order valence-electron chi connectivity index (χ0n) is 12.6. The highest BCUT2D eigenvalue weighted by molar-refractivity contribution is 5.92. The Bertz CT molecular complexity index is 420. The number of hydrogen-bond donors (Lipinski definition) is 1. The van der Waals surface area contributed by atoms with Crippen LogP contribution in [0.25, 0.3) is 0 Å². The molecule has 4 heteroatoms. The van der Waals surface area contributed by atoms with Crippen molar-refractivity contribution < 1.29 is 4.79 Å². The first-order valence-electron chi connectivity index (χ1n) is 7.76. The van der Waals surface area contributed by atoms with E-state index in [9.17, 15) is 4.79 Å². The third-order valence-corrected chi connectivity index (χ3v) is 4.05. The van der Waals surface area contributed by atoms with Crippen LogP contribution in [0.1, 0.15) is 46.0 Å². The minimum absolute atomic E-state index is 0.0942. The van der Waals surface area contributed by atoms with Crippen LogP contribution in [0.4, 0.5) is 11.5 Å². The Balaban J connectivity index is 1.95. The molecule has 0 aliphatic carbocycles. The average Bonchev–Trinajstić information content (AvgIpc) is 2.50. The third kappa shape index (κ3) is 3.71. The third-order valence-electron chi connectivity index (χ3n) is 4.05. The van der Waals surface area contributed by atoms with Crippen molar-refractivity contribution in [1.29, 1.82) is 0 Å². The van der Waals surface area contributed by atoms with Crippen LogP contribution >= 0.6 is 0 Å². The van der Waals surface area contributed by atoms with Crippen molar-refractivity contribution in [2.75, 3.05) is 23.3 Å². The lowest BCUT2D eigenvalue weighted by Gasteiger charge is -2.27. The van der Waals surface area contributed by atoms with E-state index in [0.717, 1.165) is 37.4 Å². The Morgan fingerprint density at radius 1 is 1.25 bits per heavy atom. The van der Waals surface area contributed by atoms with Crippen molar-refractivity contribution in [2.24, 2.45) is 5.92 Å². The van der Waals surface area contributed by atoms with Gasteiger partial charge in [0, 0.05) is 19.0 Å². The van der Waals surface area contributed by atoms with E-state index < -0.39 is 0 Å². The number of carbonyl (C=O) groups is 1. The van der Waals surface area contributed by atoms with Gasteiger partial charge in [0.1, 0.15) is 5.82 Å². The minimum Gasteiger partial charge on any atom is -0.357 e. The monoisotopic (exact) mass is 275 g/mol. The molecule has 20 heavy (non-hydrogen) atoms. The van der Waals surface area contributed by atoms with Crippen LogP contribution in [-0.2, 0) is 4.79 Å². The Morgan fingerprint density at radius 3 is 2.50 bits per heavy atom. The molecule has 1 aliphatic heterocycles. The lowest BCUT2D eigenvalue weighted by Crippen LogP contribution is -2.30. The number of pyridine rings is 1. The summed E-state index contributed by atoms with van der Waals surface area (Å²) in [6.45, 7) is 6.27. The molecule has 0 bridgehead atoms. The van der Waals surface area contributed by atoms with Crippen molar-refractivity contribution >= 4 is 17.4 Å². The van der Waals surface area contributed by atoms with Crippen LogP contribution in [0.2, 0.25) is 0 Å². The minimum atomic E-state index is 0.0942. The first-order chi connectivity index (χ1) is 9.74. The molecule has 1 aliphatic rings. The number of nitrogens with one attached hydrogen (secondary N) is 1. The van der Waals surface area contributed by atoms with Crippen LogP contribution < -0.4 is 10.2 Å². The van der Waals surface area contributed by atoms with Crippen molar-refractivity contribution in [3.05, 3.63) is 18.3 Å². The van der Waals surface area contributed by atoms with Crippen molar-refractivity contribution in [3.63, 3.8) is 0 Å². The van der Waals surface area contributed by atoms with Gasteiger partial charge in [0.05, 0.1) is 11.9 Å². The molecule has 1 amide bonds. The van der Waals surface area contributed by atoms with E-state index in [-0.39, 0.29) is 11.8 Å². The molecule has 0 atom stereocenters. The van der Waals surface area contributed by atoms with Gasteiger partial charge in [-0.3, -0.25) is 4.79 Å². The fourth-order valence-corrected chi connectivity index (χ4v) is 2.67. The number of amides is 1. The van der Waals surface area contributed by atoms with Crippen molar-refractivity contribution in [2.45, 2.75) is 46.0 Å². The SMILES string of the molecule is CCC(CC)C(=O)Nc1ccc(N2CCCCC2)nc1. The smallest absolute Gasteiger partial charge is 0.227 e. The largest absolute Gasteiger partial charge is 0.357 e. The maximum Gasteiger partial charge on any atom is 0.227 e.